The van der Waals surface area contributed by atoms with Gasteiger partial charge in [-0.25, -0.2) is 4.39 Å². The Kier molecular flexibility index (Phi) is 5.00. The molecule has 1 aromatic rings. The Morgan fingerprint density at radius 3 is 2.52 bits per heavy atom. The number of rotatable bonds is 5. The summed E-state index contributed by atoms with van der Waals surface area (Å²) in [6.45, 7) is 3.29. The Balaban J connectivity index is 2.60. The molecule has 0 saturated heterocycles. The van der Waals surface area contributed by atoms with E-state index in [1.807, 2.05) is 0 Å². The Labute approximate surface area is 146 Å². The summed E-state index contributed by atoms with van der Waals surface area (Å²) >= 11 is 0. The molecule has 1 aromatic carbocycles. The lowest BCUT2D eigenvalue weighted by Crippen LogP contribution is -2.36. The summed E-state index contributed by atoms with van der Waals surface area (Å²) in [5, 5.41) is 9.23. The first-order valence-corrected chi connectivity index (χ1v) is 7.74. The van der Waals surface area contributed by atoms with Gasteiger partial charge in [-0.2, -0.15) is 5.26 Å². The highest BCUT2D eigenvalue weighted by Gasteiger charge is 2.42. The molecule has 1 unspecified atom stereocenters. The summed E-state index contributed by atoms with van der Waals surface area (Å²) in [5.74, 6) is -0.659. The van der Waals surface area contributed by atoms with Crippen LogP contribution in [0, 0.1) is 17.1 Å². The van der Waals surface area contributed by atoms with E-state index in [2.05, 4.69) is 6.07 Å². The largest absolute Gasteiger partial charge is 0.498 e. The number of benzene rings is 1. The van der Waals surface area contributed by atoms with Gasteiger partial charge in [0.25, 0.3) is 0 Å². The second-order valence-electron chi connectivity index (χ2n) is 6.43. The monoisotopic (exact) mass is 344 g/mol. The van der Waals surface area contributed by atoms with Crippen LogP contribution in [-0.4, -0.2) is 20.1 Å². The highest BCUT2D eigenvalue weighted by atomic mass is 19.1. The first-order valence-electron chi connectivity index (χ1n) is 7.74. The molecule has 0 spiro atoms. The van der Waals surface area contributed by atoms with Crippen molar-refractivity contribution < 1.29 is 18.7 Å². The van der Waals surface area contributed by atoms with Crippen molar-refractivity contribution in [2.45, 2.75) is 31.3 Å². The third-order valence-corrected chi connectivity index (χ3v) is 4.55. The maximum Gasteiger partial charge on any atom is 0.244 e. The van der Waals surface area contributed by atoms with Crippen LogP contribution in [0.5, 0.6) is 0 Å². The highest BCUT2D eigenvalue weighted by Crippen LogP contribution is 2.43. The first kappa shape index (κ1) is 18.7. The minimum atomic E-state index is -1.16. The first-order chi connectivity index (χ1) is 11.7. The zero-order valence-corrected chi connectivity index (χ0v) is 14.7. The van der Waals surface area contributed by atoms with Crippen molar-refractivity contribution in [3.8, 4) is 6.07 Å². The fraction of sp³-hybridized carbons (Fsp3) is 0.368. The summed E-state index contributed by atoms with van der Waals surface area (Å²) < 4.78 is 25.8. The average Bonchev–Trinajstić information content (AvgIpc) is 2.60. The predicted octanol–water partition coefficient (Wildman–Crippen LogP) is 2.81. The van der Waals surface area contributed by atoms with Crippen molar-refractivity contribution in [2.75, 3.05) is 14.2 Å². The van der Waals surface area contributed by atoms with Gasteiger partial charge < -0.3 is 15.2 Å². The van der Waals surface area contributed by atoms with E-state index in [0.29, 0.717) is 16.9 Å². The molecular weight excluding hydrogens is 323 g/mol. The van der Waals surface area contributed by atoms with Gasteiger partial charge in [0.15, 0.2) is 5.60 Å². The molecule has 1 amide bonds. The maximum absolute atomic E-state index is 14.7. The second-order valence-corrected chi connectivity index (χ2v) is 6.43. The predicted molar refractivity (Wildman–Crippen MR) is 90.7 cm³/mol. The van der Waals surface area contributed by atoms with Crippen molar-refractivity contribution in [3.05, 3.63) is 58.6 Å². The number of amides is 1. The Morgan fingerprint density at radius 1 is 1.36 bits per heavy atom. The second kappa shape index (κ2) is 6.69. The number of hydrogen-bond donors (Lipinski definition) is 1. The molecule has 25 heavy (non-hydrogen) atoms. The number of allylic oxidation sites excluding steroid dienone is 2. The minimum absolute atomic E-state index is 0.124. The maximum atomic E-state index is 14.7. The van der Waals surface area contributed by atoms with Crippen LogP contribution in [0.1, 0.15) is 31.4 Å². The van der Waals surface area contributed by atoms with E-state index in [0.717, 1.165) is 0 Å². The Hall–Kier alpha value is -2.65. The number of ether oxygens (including phenoxy) is 2. The zero-order chi connectivity index (χ0) is 18.8. The van der Waals surface area contributed by atoms with Gasteiger partial charge in [-0.1, -0.05) is 12.1 Å². The summed E-state index contributed by atoms with van der Waals surface area (Å²) in [6.07, 6.45) is 3.29. The Morgan fingerprint density at radius 2 is 2.04 bits per heavy atom. The van der Waals surface area contributed by atoms with Gasteiger partial charge in [-0.05, 0) is 37.6 Å². The van der Waals surface area contributed by atoms with E-state index in [9.17, 15) is 14.4 Å². The van der Waals surface area contributed by atoms with Crippen LogP contribution in [-0.2, 0) is 25.3 Å². The van der Waals surface area contributed by atoms with Crippen molar-refractivity contribution in [2.24, 2.45) is 5.73 Å². The standard InChI is InChI=1S/C19H21FN2O3/c1-18(2,11-21)14-7-6-13(9-15(14)20)19(25-4)10-12(17(22)23)5-8-16(19)24-3/h5-9H,10H2,1-4H3,(H2,22,23). The summed E-state index contributed by atoms with van der Waals surface area (Å²) in [4.78, 5) is 11.6. The molecule has 5 nitrogen and oxygen atoms in total. The molecule has 1 aliphatic carbocycles. The molecule has 2 N–H and O–H groups in total. The smallest absolute Gasteiger partial charge is 0.244 e. The molecule has 2 rings (SSSR count). The average molecular weight is 344 g/mol. The normalized spacial score (nSPS) is 20.3. The van der Waals surface area contributed by atoms with E-state index in [1.54, 1.807) is 38.1 Å². The molecule has 1 atom stereocenters. The van der Waals surface area contributed by atoms with E-state index >= 15 is 0 Å². The number of nitrogens with two attached hydrogens (primary N) is 1. The molecule has 0 saturated carbocycles. The molecule has 1 aliphatic rings. The molecule has 6 heteroatoms. The number of primary amides is 1. The van der Waals surface area contributed by atoms with E-state index in [1.165, 1.54) is 20.3 Å². The van der Waals surface area contributed by atoms with Crippen molar-refractivity contribution in [1.82, 2.24) is 0 Å². The van der Waals surface area contributed by atoms with E-state index < -0.39 is 22.7 Å². The van der Waals surface area contributed by atoms with Crippen LogP contribution >= 0.6 is 0 Å². The number of carbonyl (C=O) groups is 1. The van der Waals surface area contributed by atoms with Gasteiger partial charge in [-0.15, -0.1) is 0 Å². The zero-order valence-electron chi connectivity index (χ0n) is 14.7. The molecule has 0 aliphatic heterocycles. The van der Waals surface area contributed by atoms with Crippen LogP contribution in [0.3, 0.4) is 0 Å². The van der Waals surface area contributed by atoms with Crippen molar-refractivity contribution in [3.63, 3.8) is 0 Å². The van der Waals surface area contributed by atoms with Gasteiger partial charge >= 0.3 is 0 Å². The number of carbonyl (C=O) groups excluding carboxylic acids is 1. The fourth-order valence-corrected chi connectivity index (χ4v) is 3.00. The van der Waals surface area contributed by atoms with Crippen molar-refractivity contribution >= 4 is 5.91 Å². The molecule has 0 fully saturated rings. The highest BCUT2D eigenvalue weighted by molar-refractivity contribution is 5.93. The van der Waals surface area contributed by atoms with Gasteiger partial charge in [0.1, 0.15) is 11.6 Å². The third kappa shape index (κ3) is 3.15. The number of halogens is 1. The quantitative estimate of drug-likeness (QED) is 0.890. The van der Waals surface area contributed by atoms with Crippen molar-refractivity contribution in [1.29, 1.82) is 5.26 Å². The summed E-state index contributed by atoms with van der Waals surface area (Å²) in [6, 6.07) is 6.64. The van der Waals surface area contributed by atoms with Gasteiger partial charge in [0.05, 0.1) is 18.6 Å². The molecule has 0 bridgehead atoms. The number of nitrogens with zero attached hydrogens (tertiary/aromatic N) is 1. The molecular formula is C19H21FN2O3. The number of methoxy groups -OCH3 is 2. The van der Waals surface area contributed by atoms with Crippen LogP contribution in [0.15, 0.2) is 41.7 Å². The van der Waals surface area contributed by atoms with Crippen LogP contribution in [0.25, 0.3) is 0 Å². The molecule has 132 valence electrons. The summed E-state index contributed by atoms with van der Waals surface area (Å²) in [5.41, 5.74) is 4.38. The fourth-order valence-electron chi connectivity index (χ4n) is 3.00. The minimum Gasteiger partial charge on any atom is -0.498 e. The van der Waals surface area contributed by atoms with E-state index in [4.69, 9.17) is 15.2 Å². The van der Waals surface area contributed by atoms with Gasteiger partial charge in [-0.3, -0.25) is 4.79 Å². The number of hydrogen-bond acceptors (Lipinski definition) is 4. The van der Waals surface area contributed by atoms with Crippen LogP contribution < -0.4 is 5.73 Å². The summed E-state index contributed by atoms with van der Waals surface area (Å²) in [7, 11) is 2.94. The Bertz CT molecular complexity index is 805. The lowest BCUT2D eigenvalue weighted by Gasteiger charge is -2.36. The van der Waals surface area contributed by atoms with Crippen LogP contribution in [0.2, 0.25) is 0 Å². The molecule has 0 heterocycles. The number of nitriles is 1. The van der Waals surface area contributed by atoms with Gasteiger partial charge in [0.2, 0.25) is 5.91 Å². The van der Waals surface area contributed by atoms with Gasteiger partial charge in [0, 0.05) is 24.7 Å². The van der Waals surface area contributed by atoms with E-state index in [-0.39, 0.29) is 12.0 Å². The lowest BCUT2D eigenvalue weighted by atomic mass is 9.79. The SMILES string of the molecule is COC1=CC=C(C(N)=O)CC1(OC)c1ccc(C(C)(C)C#N)c(F)c1. The molecule has 0 radical (unpaired) electrons. The molecule has 0 aromatic heterocycles. The third-order valence-electron chi connectivity index (χ3n) is 4.55. The lowest BCUT2D eigenvalue weighted by molar-refractivity contribution is -0.115. The topological polar surface area (TPSA) is 85.3 Å². The van der Waals surface area contributed by atoms with Crippen LogP contribution in [0.4, 0.5) is 4.39 Å².